The summed E-state index contributed by atoms with van der Waals surface area (Å²) in [5.74, 6) is 0.997. The minimum Gasteiger partial charge on any atom is -0.497 e. The number of aromatic nitrogens is 1. The Morgan fingerprint density at radius 3 is 2.79 bits per heavy atom. The van der Waals surface area contributed by atoms with Crippen LogP contribution in [0.2, 0.25) is 0 Å². The van der Waals surface area contributed by atoms with Gasteiger partial charge in [-0.15, -0.1) is 0 Å². The van der Waals surface area contributed by atoms with Crippen LogP contribution in [-0.4, -0.2) is 12.3 Å². The minimum absolute atomic E-state index is 0.122. The predicted molar refractivity (Wildman–Crippen MR) is 69.4 cm³/mol. The van der Waals surface area contributed by atoms with Gasteiger partial charge in [-0.25, -0.2) is 4.39 Å². The van der Waals surface area contributed by atoms with Gasteiger partial charge in [-0.2, -0.15) is 0 Å². The normalized spacial score (nSPS) is 12.4. The van der Waals surface area contributed by atoms with E-state index in [4.69, 9.17) is 9.26 Å². The number of nitrogens with one attached hydrogen (secondary N) is 1. The van der Waals surface area contributed by atoms with Crippen molar-refractivity contribution in [1.82, 2.24) is 10.5 Å². The molecule has 102 valence electrons. The number of hydrogen-bond acceptors (Lipinski definition) is 4. The second-order valence-corrected chi connectivity index (χ2v) is 4.42. The molecule has 0 fully saturated rings. The quantitative estimate of drug-likeness (QED) is 0.901. The molecule has 0 aliphatic heterocycles. The molecule has 19 heavy (non-hydrogen) atoms. The summed E-state index contributed by atoms with van der Waals surface area (Å²) >= 11 is 0. The van der Waals surface area contributed by atoms with E-state index in [0.29, 0.717) is 17.9 Å². The Morgan fingerprint density at radius 2 is 2.21 bits per heavy atom. The maximum absolute atomic E-state index is 13.9. The lowest BCUT2D eigenvalue weighted by molar-refractivity contribution is 0.385. The summed E-state index contributed by atoms with van der Waals surface area (Å²) in [5.41, 5.74) is 1.40. The third kappa shape index (κ3) is 3.32. The van der Waals surface area contributed by atoms with E-state index in [1.54, 1.807) is 12.1 Å². The monoisotopic (exact) mass is 264 g/mol. The summed E-state index contributed by atoms with van der Waals surface area (Å²) in [6.45, 7) is 4.27. The predicted octanol–water partition coefficient (Wildman–Crippen LogP) is 2.98. The molecule has 2 rings (SSSR count). The number of hydrogen-bond donors (Lipinski definition) is 1. The highest BCUT2D eigenvalue weighted by atomic mass is 19.1. The number of aryl methyl sites for hydroxylation is 1. The van der Waals surface area contributed by atoms with Crippen molar-refractivity contribution in [2.24, 2.45) is 0 Å². The summed E-state index contributed by atoms with van der Waals surface area (Å²) in [6.07, 6.45) is 0. The molecule has 0 amide bonds. The van der Waals surface area contributed by atoms with Crippen LogP contribution in [0.4, 0.5) is 4.39 Å². The van der Waals surface area contributed by atoms with Crippen LogP contribution in [0.25, 0.3) is 0 Å². The van der Waals surface area contributed by atoms with Crippen LogP contribution in [-0.2, 0) is 6.54 Å². The van der Waals surface area contributed by atoms with Crippen LogP contribution >= 0.6 is 0 Å². The van der Waals surface area contributed by atoms with Crippen molar-refractivity contribution in [3.63, 3.8) is 0 Å². The van der Waals surface area contributed by atoms with Crippen LogP contribution in [0.5, 0.6) is 5.75 Å². The second-order valence-electron chi connectivity index (χ2n) is 4.42. The maximum Gasteiger partial charge on any atom is 0.133 e. The maximum atomic E-state index is 13.9. The first kappa shape index (κ1) is 13.5. The first-order valence-corrected chi connectivity index (χ1v) is 6.09. The molecule has 2 aromatic rings. The van der Waals surface area contributed by atoms with E-state index in [9.17, 15) is 4.39 Å². The smallest absolute Gasteiger partial charge is 0.133 e. The van der Waals surface area contributed by atoms with E-state index < -0.39 is 0 Å². The van der Waals surface area contributed by atoms with Crippen LogP contribution in [0.1, 0.15) is 30.0 Å². The number of ether oxygens (including phenoxy) is 1. The molecule has 0 saturated heterocycles. The molecule has 0 aliphatic rings. The van der Waals surface area contributed by atoms with Crippen LogP contribution in [0, 0.1) is 12.7 Å². The van der Waals surface area contributed by atoms with Gasteiger partial charge in [0.15, 0.2) is 0 Å². The molecule has 0 aliphatic carbocycles. The van der Waals surface area contributed by atoms with Crippen molar-refractivity contribution in [2.45, 2.75) is 26.4 Å². The number of halogens is 1. The van der Waals surface area contributed by atoms with E-state index >= 15 is 0 Å². The summed E-state index contributed by atoms with van der Waals surface area (Å²) in [4.78, 5) is 0. The van der Waals surface area contributed by atoms with Crippen molar-refractivity contribution in [1.29, 1.82) is 0 Å². The zero-order chi connectivity index (χ0) is 13.8. The Morgan fingerprint density at radius 1 is 1.42 bits per heavy atom. The number of rotatable bonds is 5. The average Bonchev–Trinajstić information content (AvgIpc) is 2.81. The molecule has 0 spiro atoms. The van der Waals surface area contributed by atoms with Crippen LogP contribution in [0.15, 0.2) is 28.8 Å². The Hall–Kier alpha value is -1.88. The highest BCUT2D eigenvalue weighted by molar-refractivity contribution is 5.30. The van der Waals surface area contributed by atoms with Gasteiger partial charge >= 0.3 is 0 Å². The SMILES string of the molecule is COc1ccc(C(C)NCc2cc(C)on2)c(F)c1. The Labute approximate surface area is 111 Å². The lowest BCUT2D eigenvalue weighted by Crippen LogP contribution is -2.19. The van der Waals surface area contributed by atoms with E-state index in [0.717, 1.165) is 11.5 Å². The molecule has 1 atom stereocenters. The molecule has 1 unspecified atom stereocenters. The van der Waals surface area contributed by atoms with Gasteiger partial charge in [0.05, 0.1) is 12.8 Å². The number of nitrogens with zero attached hydrogens (tertiary/aromatic N) is 1. The van der Waals surface area contributed by atoms with Gasteiger partial charge in [-0.05, 0) is 19.9 Å². The third-order valence-corrected chi connectivity index (χ3v) is 2.94. The summed E-state index contributed by atoms with van der Waals surface area (Å²) in [7, 11) is 1.52. The summed E-state index contributed by atoms with van der Waals surface area (Å²) < 4.78 is 23.8. The third-order valence-electron chi connectivity index (χ3n) is 2.94. The van der Waals surface area contributed by atoms with Crippen molar-refractivity contribution >= 4 is 0 Å². The molecule has 1 aromatic heterocycles. The van der Waals surface area contributed by atoms with Gasteiger partial charge in [0.25, 0.3) is 0 Å². The molecule has 1 N–H and O–H groups in total. The average molecular weight is 264 g/mol. The van der Waals surface area contributed by atoms with E-state index in [1.807, 2.05) is 19.9 Å². The van der Waals surface area contributed by atoms with Crippen LogP contribution in [0.3, 0.4) is 0 Å². The fraction of sp³-hybridized carbons (Fsp3) is 0.357. The Bertz CT molecular complexity index is 554. The van der Waals surface area contributed by atoms with Gasteiger partial charge in [0.2, 0.25) is 0 Å². The van der Waals surface area contributed by atoms with Gasteiger partial charge in [-0.3, -0.25) is 0 Å². The standard InChI is InChI=1S/C14H17FN2O2/c1-9-6-11(17-19-9)8-16-10(2)13-5-4-12(18-3)7-14(13)15/h4-7,10,16H,8H2,1-3H3. The van der Waals surface area contributed by atoms with Crippen molar-refractivity contribution in [3.8, 4) is 5.75 Å². The highest BCUT2D eigenvalue weighted by Crippen LogP contribution is 2.21. The van der Waals surface area contributed by atoms with E-state index in [-0.39, 0.29) is 11.9 Å². The minimum atomic E-state index is -0.282. The summed E-state index contributed by atoms with van der Waals surface area (Å²) in [5, 5.41) is 7.08. The topological polar surface area (TPSA) is 47.3 Å². The molecule has 5 heteroatoms. The highest BCUT2D eigenvalue weighted by Gasteiger charge is 2.12. The van der Waals surface area contributed by atoms with Crippen LogP contribution < -0.4 is 10.1 Å². The first-order valence-electron chi connectivity index (χ1n) is 6.09. The second kappa shape index (κ2) is 5.84. The fourth-order valence-electron chi connectivity index (χ4n) is 1.85. The van der Waals surface area contributed by atoms with E-state index in [2.05, 4.69) is 10.5 Å². The molecule has 0 bridgehead atoms. The van der Waals surface area contributed by atoms with Gasteiger partial charge in [-0.1, -0.05) is 11.2 Å². The molecule has 1 heterocycles. The van der Waals surface area contributed by atoms with Gasteiger partial charge < -0.3 is 14.6 Å². The van der Waals surface area contributed by atoms with Crippen molar-refractivity contribution in [3.05, 3.63) is 47.1 Å². The first-order chi connectivity index (χ1) is 9.10. The molecular formula is C14H17FN2O2. The fourth-order valence-corrected chi connectivity index (χ4v) is 1.85. The lowest BCUT2D eigenvalue weighted by atomic mass is 10.1. The van der Waals surface area contributed by atoms with E-state index in [1.165, 1.54) is 13.2 Å². The largest absolute Gasteiger partial charge is 0.497 e. The van der Waals surface area contributed by atoms with Gasteiger partial charge in [0.1, 0.15) is 17.3 Å². The number of methoxy groups -OCH3 is 1. The summed E-state index contributed by atoms with van der Waals surface area (Å²) in [6, 6.07) is 6.58. The van der Waals surface area contributed by atoms with Gasteiger partial charge in [0, 0.05) is 30.3 Å². The molecule has 0 saturated carbocycles. The molecular weight excluding hydrogens is 247 g/mol. The zero-order valence-corrected chi connectivity index (χ0v) is 11.2. The Balaban J connectivity index is 2.01. The van der Waals surface area contributed by atoms with Crippen molar-refractivity contribution < 1.29 is 13.7 Å². The lowest BCUT2D eigenvalue weighted by Gasteiger charge is -2.14. The molecule has 0 radical (unpaired) electrons. The molecule has 1 aromatic carbocycles. The zero-order valence-electron chi connectivity index (χ0n) is 11.2. The molecule has 4 nitrogen and oxygen atoms in total. The number of benzene rings is 1. The van der Waals surface area contributed by atoms with Crippen molar-refractivity contribution in [2.75, 3.05) is 7.11 Å². The Kier molecular flexibility index (Phi) is 4.16.